The number of thiophene rings is 1. The summed E-state index contributed by atoms with van der Waals surface area (Å²) in [6, 6.07) is 4.93. The summed E-state index contributed by atoms with van der Waals surface area (Å²) in [7, 11) is 2.08. The minimum absolute atomic E-state index is 0.0394. The van der Waals surface area contributed by atoms with Gasteiger partial charge in [-0.1, -0.05) is 17.7 Å². The van der Waals surface area contributed by atoms with E-state index in [0.717, 1.165) is 37.1 Å². The molecular formula is C36H37ClF2N8O3S. The van der Waals surface area contributed by atoms with E-state index in [0.29, 0.717) is 44.3 Å². The molecule has 1 unspecified atom stereocenters. The van der Waals surface area contributed by atoms with Crippen molar-refractivity contribution in [1.82, 2.24) is 25.1 Å². The van der Waals surface area contributed by atoms with E-state index in [1.54, 1.807) is 0 Å². The number of amides is 1. The Balaban J connectivity index is 1.20. The summed E-state index contributed by atoms with van der Waals surface area (Å²) < 4.78 is 45.4. The second-order valence-electron chi connectivity index (χ2n) is 14.3. The molecule has 3 fully saturated rings. The van der Waals surface area contributed by atoms with Gasteiger partial charge in [-0.15, -0.1) is 11.3 Å². The summed E-state index contributed by atoms with van der Waals surface area (Å²) in [5.74, 6) is -0.0465. The number of nitriles is 1. The fourth-order valence-corrected chi connectivity index (χ4v) is 9.63. The van der Waals surface area contributed by atoms with E-state index in [-0.39, 0.29) is 96.2 Å². The number of halogens is 3. The highest BCUT2D eigenvalue weighted by Crippen LogP contribution is 2.51. The molecule has 11 nitrogen and oxygen atoms in total. The van der Waals surface area contributed by atoms with Crippen LogP contribution in [0.3, 0.4) is 0 Å². The lowest BCUT2D eigenvalue weighted by atomic mass is 9.96. The zero-order valence-corrected chi connectivity index (χ0v) is 29.6. The van der Waals surface area contributed by atoms with Crippen molar-refractivity contribution in [1.29, 1.82) is 5.26 Å². The molecular weight excluding hydrogens is 698 g/mol. The van der Waals surface area contributed by atoms with Gasteiger partial charge in [0.2, 0.25) is 5.91 Å². The number of nitrogen functional groups attached to an aromatic ring is 1. The smallest absolute Gasteiger partial charge is 0.319 e. The molecule has 1 amide bonds. The first-order valence-electron chi connectivity index (χ1n) is 17.7. The zero-order chi connectivity index (χ0) is 35.1. The molecule has 0 radical (unpaired) electrons. The zero-order valence-electron chi connectivity index (χ0n) is 28.1. The number of aromatic nitrogens is 2. The topological polar surface area (TPSA) is 143 Å². The maximum absolute atomic E-state index is 17.3. The van der Waals surface area contributed by atoms with Crippen molar-refractivity contribution >= 4 is 60.7 Å². The molecule has 51 heavy (non-hydrogen) atoms. The molecule has 266 valence electrons. The van der Waals surface area contributed by atoms with Crippen LogP contribution in [0.15, 0.2) is 12.1 Å². The number of carbonyl (C=O) groups excluding carboxylic acids is 1. The summed E-state index contributed by atoms with van der Waals surface area (Å²) in [5.41, 5.74) is 6.24. The largest absolute Gasteiger partial charge is 0.489 e. The first kappa shape index (κ1) is 32.8. The standard InChI is InChI=1S/C36H37ClF2N8O3S/c1-45-10-2-4-21(45)22-5-3-11-47(35(48)30-28(42-30)17-6-7-17)13-12-46-14-15-49-31-25-29(43-36(50-22)44-34(25)46)27(39)24(26(31)37)18-8-9-20(38)32-23(18)19(16-40)33(41)51-32/h8-9,17,21-22,28,30,42H,2-7,10-15,41H2,1H3/t21-,22?,28-,30+/m0/s1. The van der Waals surface area contributed by atoms with Crippen LogP contribution in [-0.4, -0.2) is 96.3 Å². The van der Waals surface area contributed by atoms with Gasteiger partial charge in [-0.25, -0.2) is 8.78 Å². The number of nitrogens with zero attached hydrogens (tertiary/aromatic N) is 6. The molecule has 5 aliphatic rings. The summed E-state index contributed by atoms with van der Waals surface area (Å²) in [6.07, 6.45) is 5.39. The molecule has 3 N–H and O–H groups in total. The number of hydrogen-bond donors (Lipinski definition) is 2. The van der Waals surface area contributed by atoms with Crippen LogP contribution in [0.25, 0.3) is 32.1 Å². The lowest BCUT2D eigenvalue weighted by Gasteiger charge is -2.32. The molecule has 0 spiro atoms. The van der Waals surface area contributed by atoms with E-state index in [2.05, 4.69) is 23.3 Å². The number of anilines is 2. The Bertz CT molecular complexity index is 2140. The highest BCUT2D eigenvalue weighted by Gasteiger charge is 2.52. The third-order valence-corrected chi connectivity index (χ3v) is 12.6. The van der Waals surface area contributed by atoms with Crippen LogP contribution >= 0.6 is 22.9 Å². The number of likely N-dealkylation sites (N-methyl/N-ethyl adjacent to an activating group) is 1. The van der Waals surface area contributed by atoms with Crippen LogP contribution in [-0.2, 0) is 4.79 Å². The molecule has 4 aromatic rings. The Morgan fingerprint density at radius 3 is 2.69 bits per heavy atom. The van der Waals surface area contributed by atoms with E-state index >= 15 is 8.78 Å². The van der Waals surface area contributed by atoms with Crippen LogP contribution in [0, 0.1) is 28.9 Å². The maximum atomic E-state index is 17.3. The number of nitrogens with one attached hydrogen (secondary N) is 1. The molecule has 4 aliphatic heterocycles. The Labute approximate surface area is 302 Å². The highest BCUT2D eigenvalue weighted by molar-refractivity contribution is 7.23. The monoisotopic (exact) mass is 734 g/mol. The van der Waals surface area contributed by atoms with Gasteiger partial charge in [0, 0.05) is 42.7 Å². The van der Waals surface area contributed by atoms with Crippen LogP contribution < -0.4 is 25.4 Å². The number of rotatable bonds is 4. The summed E-state index contributed by atoms with van der Waals surface area (Å²) in [5, 5.41) is 13.9. The van der Waals surface area contributed by atoms with Gasteiger partial charge in [-0.05, 0) is 69.7 Å². The molecule has 1 saturated carbocycles. The van der Waals surface area contributed by atoms with Gasteiger partial charge in [-0.2, -0.15) is 15.2 Å². The normalized spacial score (nSPS) is 25.2. The highest BCUT2D eigenvalue weighted by atomic mass is 35.5. The summed E-state index contributed by atoms with van der Waals surface area (Å²) in [4.78, 5) is 29.7. The van der Waals surface area contributed by atoms with Gasteiger partial charge in [-0.3, -0.25) is 15.0 Å². The van der Waals surface area contributed by atoms with Crippen molar-refractivity contribution < 1.29 is 23.0 Å². The minimum Gasteiger partial charge on any atom is -0.489 e. The predicted octanol–water partition coefficient (Wildman–Crippen LogP) is 5.31. The van der Waals surface area contributed by atoms with Crippen molar-refractivity contribution in [2.24, 2.45) is 5.92 Å². The Hall–Kier alpha value is -4.03. The second kappa shape index (κ2) is 12.6. The van der Waals surface area contributed by atoms with Crippen molar-refractivity contribution in [2.75, 3.05) is 57.0 Å². The molecule has 2 aromatic carbocycles. The van der Waals surface area contributed by atoms with Crippen LogP contribution in [0.4, 0.5) is 19.6 Å². The fraction of sp³-hybridized carbons (Fsp3) is 0.500. The number of ether oxygens (including phenoxy) is 2. The van der Waals surface area contributed by atoms with E-state index in [1.165, 1.54) is 25.0 Å². The number of fused-ring (bicyclic) bond motifs is 2. The van der Waals surface area contributed by atoms with Crippen molar-refractivity contribution in [2.45, 2.75) is 62.8 Å². The molecule has 9 rings (SSSR count). The van der Waals surface area contributed by atoms with Crippen LogP contribution in [0.1, 0.15) is 44.1 Å². The Kier molecular flexibility index (Phi) is 8.10. The van der Waals surface area contributed by atoms with Gasteiger partial charge in [0.15, 0.2) is 11.6 Å². The molecule has 15 heteroatoms. The number of likely N-dealkylation sites (tertiary alicyclic amines) is 1. The van der Waals surface area contributed by atoms with Gasteiger partial charge in [0.1, 0.15) is 47.0 Å². The van der Waals surface area contributed by atoms with E-state index in [4.69, 9.17) is 36.8 Å². The first-order chi connectivity index (χ1) is 24.7. The SMILES string of the molecule is CN1CCC[C@H]1C1CCCN(C(=O)[C@@H]2N[C@H]2C2CC2)CCN2CCOc3c(Cl)c(-c4ccc(F)c5sc(N)c(C#N)c45)c(F)c4nc(nc2c34)O1. The Morgan fingerprint density at radius 2 is 1.92 bits per heavy atom. The van der Waals surface area contributed by atoms with Crippen molar-refractivity contribution in [3.05, 3.63) is 34.4 Å². The van der Waals surface area contributed by atoms with Crippen LogP contribution in [0.2, 0.25) is 5.02 Å². The van der Waals surface area contributed by atoms with Gasteiger partial charge in [0.05, 0.1) is 27.2 Å². The van der Waals surface area contributed by atoms with Crippen LogP contribution in [0.5, 0.6) is 11.8 Å². The summed E-state index contributed by atoms with van der Waals surface area (Å²) in [6.45, 7) is 2.99. The van der Waals surface area contributed by atoms with E-state index < -0.39 is 11.6 Å². The quantitative estimate of drug-likeness (QED) is 0.265. The van der Waals surface area contributed by atoms with E-state index in [9.17, 15) is 10.1 Å². The maximum Gasteiger partial charge on any atom is 0.319 e. The number of carbonyl (C=O) groups is 1. The number of nitrogens with two attached hydrogens (primary N) is 1. The average molecular weight is 735 g/mol. The molecule has 2 aromatic heterocycles. The van der Waals surface area contributed by atoms with Gasteiger partial charge < -0.3 is 25.0 Å². The number of hydrogen-bond acceptors (Lipinski definition) is 11. The third kappa shape index (κ3) is 5.51. The van der Waals surface area contributed by atoms with Gasteiger partial charge >= 0.3 is 6.01 Å². The molecule has 2 bridgehead atoms. The molecule has 1 aliphatic carbocycles. The lowest BCUT2D eigenvalue weighted by Crippen LogP contribution is -2.45. The van der Waals surface area contributed by atoms with Crippen molar-refractivity contribution in [3.8, 4) is 29.0 Å². The fourth-order valence-electron chi connectivity index (χ4n) is 8.34. The van der Waals surface area contributed by atoms with E-state index in [1.807, 2.05) is 9.80 Å². The average Bonchev–Trinajstić information content (AvgIpc) is 4.03. The first-order valence-corrected chi connectivity index (χ1v) is 18.9. The Morgan fingerprint density at radius 1 is 1.10 bits per heavy atom. The molecule has 2 saturated heterocycles. The third-order valence-electron chi connectivity index (χ3n) is 11.2. The number of benzene rings is 2. The summed E-state index contributed by atoms with van der Waals surface area (Å²) >= 11 is 7.99. The lowest BCUT2D eigenvalue weighted by molar-refractivity contribution is -0.130. The second-order valence-corrected chi connectivity index (χ2v) is 15.7. The molecule has 6 heterocycles. The minimum atomic E-state index is -0.774. The van der Waals surface area contributed by atoms with Crippen molar-refractivity contribution in [3.63, 3.8) is 0 Å². The molecule has 4 atom stereocenters. The predicted molar refractivity (Wildman–Crippen MR) is 191 cm³/mol. The van der Waals surface area contributed by atoms with Gasteiger partial charge in [0.25, 0.3) is 0 Å².